The van der Waals surface area contributed by atoms with Crippen molar-refractivity contribution < 1.29 is 19.1 Å². The van der Waals surface area contributed by atoms with Gasteiger partial charge in [-0.05, 0) is 31.6 Å². The fraction of sp³-hybridized carbons (Fsp3) is 0.789. The second-order valence-electron chi connectivity index (χ2n) is 8.21. The smallest absolute Gasteiger partial charge is 0.228 e. The number of amides is 2. The molecule has 5 rings (SSSR count). The zero-order valence-corrected chi connectivity index (χ0v) is 14.5. The molecule has 4 aliphatic heterocycles. The van der Waals surface area contributed by atoms with Gasteiger partial charge in [-0.1, -0.05) is 12.2 Å². The molecule has 0 bridgehead atoms. The summed E-state index contributed by atoms with van der Waals surface area (Å²) in [6.45, 7) is 1.92. The molecule has 4 fully saturated rings. The number of nitrogens with zero attached hydrogens (tertiary/aromatic N) is 1. The summed E-state index contributed by atoms with van der Waals surface area (Å²) in [5, 5.41) is 3.10. The van der Waals surface area contributed by atoms with Crippen LogP contribution in [0.15, 0.2) is 12.2 Å². The summed E-state index contributed by atoms with van der Waals surface area (Å²) in [4.78, 5) is 28.1. The van der Waals surface area contributed by atoms with Crippen LogP contribution in [0.3, 0.4) is 0 Å². The van der Waals surface area contributed by atoms with E-state index < -0.39 is 11.2 Å². The van der Waals surface area contributed by atoms with Gasteiger partial charge in [-0.25, -0.2) is 0 Å². The summed E-state index contributed by atoms with van der Waals surface area (Å²) in [6.07, 6.45) is 9.81. The van der Waals surface area contributed by atoms with Gasteiger partial charge in [0, 0.05) is 25.8 Å². The molecule has 136 valence electrons. The molecule has 0 unspecified atom stereocenters. The lowest BCUT2D eigenvalue weighted by Gasteiger charge is -2.53. The molecule has 3 saturated heterocycles. The number of piperidine rings is 1. The topological polar surface area (TPSA) is 67.9 Å². The number of carbonyl (C=O) groups is 2. The van der Waals surface area contributed by atoms with Crippen LogP contribution in [0.1, 0.15) is 44.9 Å². The molecule has 2 spiro atoms. The highest BCUT2D eigenvalue weighted by molar-refractivity contribution is 5.88. The third-order valence-electron chi connectivity index (χ3n) is 7.05. The van der Waals surface area contributed by atoms with E-state index in [-0.39, 0.29) is 29.8 Å². The van der Waals surface area contributed by atoms with E-state index in [1.807, 2.05) is 4.90 Å². The summed E-state index contributed by atoms with van der Waals surface area (Å²) < 4.78 is 12.1. The number of hydrogen-bond donors (Lipinski definition) is 1. The maximum atomic E-state index is 13.1. The average molecular weight is 346 g/mol. The summed E-state index contributed by atoms with van der Waals surface area (Å²) in [5.41, 5.74) is -0.478. The van der Waals surface area contributed by atoms with Gasteiger partial charge >= 0.3 is 0 Å². The molecule has 0 aromatic heterocycles. The summed E-state index contributed by atoms with van der Waals surface area (Å²) in [6, 6.07) is -0.0920. The predicted octanol–water partition coefficient (Wildman–Crippen LogP) is 1.36. The van der Waals surface area contributed by atoms with E-state index in [0.29, 0.717) is 32.6 Å². The average Bonchev–Trinajstić information content (AvgIpc) is 3.15. The minimum Gasteiger partial charge on any atom is -0.356 e. The zero-order valence-electron chi connectivity index (χ0n) is 14.5. The molecular weight excluding hydrogens is 320 g/mol. The van der Waals surface area contributed by atoms with Gasteiger partial charge in [0.25, 0.3) is 0 Å². The van der Waals surface area contributed by atoms with Gasteiger partial charge in [0.05, 0.1) is 30.7 Å². The van der Waals surface area contributed by atoms with Crippen LogP contribution in [0.4, 0.5) is 0 Å². The largest absolute Gasteiger partial charge is 0.356 e. The van der Waals surface area contributed by atoms with Crippen LogP contribution in [-0.2, 0) is 19.1 Å². The first-order chi connectivity index (χ1) is 12.1. The number of ether oxygens (including phenoxy) is 2. The van der Waals surface area contributed by atoms with E-state index in [0.717, 1.165) is 32.1 Å². The molecule has 4 atom stereocenters. The van der Waals surface area contributed by atoms with Crippen LogP contribution < -0.4 is 5.32 Å². The SMILES string of the molecule is O=C1CCC/C=C\[C@H]2C[C@]34C(=O)NCC[C@H]3CC3(C[C@@H]4N12)OCCO3. The molecule has 4 heterocycles. The van der Waals surface area contributed by atoms with Crippen molar-refractivity contribution in [3.05, 3.63) is 12.2 Å². The van der Waals surface area contributed by atoms with Crippen LogP contribution in [0.5, 0.6) is 0 Å². The highest BCUT2D eigenvalue weighted by atomic mass is 16.7. The first-order valence-electron chi connectivity index (χ1n) is 9.69. The van der Waals surface area contributed by atoms with Crippen molar-refractivity contribution in [2.75, 3.05) is 19.8 Å². The Bertz CT molecular complexity index is 627. The fourth-order valence-electron chi connectivity index (χ4n) is 6.03. The number of rotatable bonds is 0. The number of fused-ring (bicyclic) bond motifs is 2. The molecule has 5 aliphatic rings. The number of nitrogens with one attached hydrogen (secondary N) is 1. The van der Waals surface area contributed by atoms with Crippen molar-refractivity contribution in [3.8, 4) is 0 Å². The molecule has 1 saturated carbocycles. The minimum absolute atomic E-state index is 0.0284. The summed E-state index contributed by atoms with van der Waals surface area (Å²) in [7, 11) is 0. The van der Waals surface area contributed by atoms with E-state index >= 15 is 0 Å². The molecular formula is C19H26N2O4. The molecule has 1 aliphatic carbocycles. The fourth-order valence-corrected chi connectivity index (χ4v) is 6.03. The van der Waals surface area contributed by atoms with Gasteiger partial charge in [0.2, 0.25) is 11.8 Å². The second kappa shape index (κ2) is 5.55. The van der Waals surface area contributed by atoms with E-state index in [1.165, 1.54) is 0 Å². The van der Waals surface area contributed by atoms with Crippen molar-refractivity contribution >= 4 is 11.8 Å². The third kappa shape index (κ3) is 2.16. The van der Waals surface area contributed by atoms with Gasteiger partial charge in [-0.3, -0.25) is 9.59 Å². The van der Waals surface area contributed by atoms with Gasteiger partial charge in [-0.15, -0.1) is 0 Å². The second-order valence-corrected chi connectivity index (χ2v) is 8.21. The van der Waals surface area contributed by atoms with Crippen molar-refractivity contribution in [2.24, 2.45) is 11.3 Å². The highest BCUT2D eigenvalue weighted by Gasteiger charge is 2.67. The quantitative estimate of drug-likeness (QED) is 0.673. The van der Waals surface area contributed by atoms with Crippen molar-refractivity contribution in [1.82, 2.24) is 10.2 Å². The van der Waals surface area contributed by atoms with Gasteiger partial charge in [0.1, 0.15) is 0 Å². The standard InChI is InChI=1S/C19H26N2O4/c22-16-5-3-1-2-4-14-11-19-13(6-7-20-17(19)23)10-18(24-8-9-25-18)12-15(19)21(14)16/h2,4,13-15H,1,3,5-12H2,(H,20,23)/b4-2-/t13-,14-,15-,19-/m0/s1. The van der Waals surface area contributed by atoms with E-state index in [2.05, 4.69) is 17.5 Å². The Kier molecular flexibility index (Phi) is 3.51. The van der Waals surface area contributed by atoms with Crippen molar-refractivity contribution in [1.29, 1.82) is 0 Å². The molecule has 1 N–H and O–H groups in total. The van der Waals surface area contributed by atoms with Gasteiger partial charge < -0.3 is 19.7 Å². The lowest BCUT2D eigenvalue weighted by molar-refractivity contribution is -0.221. The van der Waals surface area contributed by atoms with Gasteiger partial charge in [-0.2, -0.15) is 0 Å². The molecule has 0 radical (unpaired) electrons. The minimum atomic E-state index is -0.599. The molecule has 0 aromatic rings. The Morgan fingerprint density at radius 2 is 2.00 bits per heavy atom. The number of carbonyl (C=O) groups excluding carboxylic acids is 2. The van der Waals surface area contributed by atoms with Crippen LogP contribution in [-0.4, -0.2) is 54.3 Å². The van der Waals surface area contributed by atoms with Crippen molar-refractivity contribution in [2.45, 2.75) is 62.8 Å². The van der Waals surface area contributed by atoms with E-state index in [1.54, 1.807) is 0 Å². The normalized spacial score (nSPS) is 43.7. The highest BCUT2D eigenvalue weighted by Crippen LogP contribution is 2.59. The van der Waals surface area contributed by atoms with Gasteiger partial charge in [0.15, 0.2) is 5.79 Å². The van der Waals surface area contributed by atoms with E-state index in [4.69, 9.17) is 9.47 Å². The van der Waals surface area contributed by atoms with Crippen LogP contribution in [0.2, 0.25) is 0 Å². The third-order valence-corrected chi connectivity index (χ3v) is 7.05. The maximum absolute atomic E-state index is 13.1. The van der Waals surface area contributed by atoms with Crippen molar-refractivity contribution in [3.63, 3.8) is 0 Å². The Morgan fingerprint density at radius 3 is 2.84 bits per heavy atom. The first-order valence-corrected chi connectivity index (χ1v) is 9.69. The first kappa shape index (κ1) is 15.8. The Labute approximate surface area is 147 Å². The lowest BCUT2D eigenvalue weighted by Crippen LogP contribution is -2.64. The predicted molar refractivity (Wildman–Crippen MR) is 89.4 cm³/mol. The van der Waals surface area contributed by atoms with E-state index in [9.17, 15) is 9.59 Å². The molecule has 0 aromatic carbocycles. The number of hydrogen-bond acceptors (Lipinski definition) is 4. The zero-order chi connectivity index (χ0) is 17.1. The maximum Gasteiger partial charge on any atom is 0.228 e. The molecule has 2 amide bonds. The summed E-state index contributed by atoms with van der Waals surface area (Å²) >= 11 is 0. The number of allylic oxidation sites excluding steroid dienone is 1. The molecule has 6 heteroatoms. The van der Waals surface area contributed by atoms with Crippen LogP contribution >= 0.6 is 0 Å². The van der Waals surface area contributed by atoms with Crippen LogP contribution in [0.25, 0.3) is 0 Å². The van der Waals surface area contributed by atoms with Crippen LogP contribution in [0, 0.1) is 11.3 Å². The molecule has 6 nitrogen and oxygen atoms in total. The Balaban J connectivity index is 1.60. The lowest BCUT2D eigenvalue weighted by atomic mass is 9.58. The Hall–Kier alpha value is -1.40. The Morgan fingerprint density at radius 1 is 1.16 bits per heavy atom. The monoisotopic (exact) mass is 346 g/mol. The summed E-state index contributed by atoms with van der Waals surface area (Å²) in [5.74, 6) is -0.0666. The molecule has 25 heavy (non-hydrogen) atoms.